The number of rotatable bonds is 7. The molecule has 1 aliphatic heterocycles. The van der Waals surface area contributed by atoms with Crippen molar-refractivity contribution >= 4 is 0 Å². The van der Waals surface area contributed by atoms with Crippen molar-refractivity contribution in [3.8, 4) is 0 Å². The van der Waals surface area contributed by atoms with Crippen molar-refractivity contribution in [2.75, 3.05) is 19.7 Å². The third kappa shape index (κ3) is 4.20. The van der Waals surface area contributed by atoms with Gasteiger partial charge in [-0.1, -0.05) is 60.7 Å². The number of hydrogen-bond acceptors (Lipinski definition) is 3. The second-order valence-corrected chi connectivity index (χ2v) is 7.49. The van der Waals surface area contributed by atoms with Crippen molar-refractivity contribution in [1.82, 2.24) is 9.47 Å². The molecule has 4 heteroatoms. The van der Waals surface area contributed by atoms with Gasteiger partial charge < -0.3 is 14.4 Å². The summed E-state index contributed by atoms with van der Waals surface area (Å²) in [4.78, 5) is 2.34. The van der Waals surface area contributed by atoms with E-state index in [-0.39, 0.29) is 6.10 Å². The molecule has 4 nitrogen and oxygen atoms in total. The number of aliphatic hydroxyl groups is 1. The van der Waals surface area contributed by atoms with Gasteiger partial charge in [0.05, 0.1) is 12.7 Å². The zero-order valence-electron chi connectivity index (χ0n) is 16.3. The monoisotopic (exact) mass is 376 g/mol. The van der Waals surface area contributed by atoms with Crippen LogP contribution in [0.25, 0.3) is 0 Å². The minimum absolute atomic E-state index is 0.173. The van der Waals surface area contributed by atoms with Crippen LogP contribution in [-0.4, -0.2) is 40.4 Å². The average Bonchev–Trinajstić information content (AvgIpc) is 3.22. The highest BCUT2D eigenvalue weighted by Gasteiger charge is 2.26. The maximum Gasteiger partial charge on any atom is 0.108 e. The van der Waals surface area contributed by atoms with E-state index in [0.29, 0.717) is 19.2 Å². The van der Waals surface area contributed by atoms with E-state index in [1.807, 2.05) is 36.4 Å². The largest absolute Gasteiger partial charge is 0.389 e. The molecule has 0 saturated heterocycles. The first-order valence-corrected chi connectivity index (χ1v) is 10.0. The molecular formula is C24H28N2O2. The summed E-state index contributed by atoms with van der Waals surface area (Å²) in [5.74, 6) is 0. The molecule has 0 spiro atoms. The Morgan fingerprint density at radius 1 is 0.929 bits per heavy atom. The Labute approximate surface area is 167 Å². The number of nitrogens with zero attached hydrogens (tertiary/aromatic N) is 2. The molecule has 1 aliphatic rings. The highest BCUT2D eigenvalue weighted by atomic mass is 16.5. The van der Waals surface area contributed by atoms with Gasteiger partial charge in [0.1, 0.15) is 6.10 Å². The van der Waals surface area contributed by atoms with E-state index >= 15 is 0 Å². The fourth-order valence-corrected chi connectivity index (χ4v) is 4.05. The summed E-state index contributed by atoms with van der Waals surface area (Å²) < 4.78 is 8.52. The summed E-state index contributed by atoms with van der Waals surface area (Å²) in [7, 11) is 0. The zero-order valence-corrected chi connectivity index (χ0v) is 16.3. The highest BCUT2D eigenvalue weighted by Crippen LogP contribution is 2.27. The molecule has 1 aromatic heterocycles. The Kier molecular flexibility index (Phi) is 5.91. The van der Waals surface area contributed by atoms with Gasteiger partial charge in [0.2, 0.25) is 0 Å². The molecular weight excluding hydrogens is 348 g/mol. The number of hydrogen-bond donors (Lipinski definition) is 1. The topological polar surface area (TPSA) is 37.6 Å². The molecule has 0 fully saturated rings. The molecule has 1 N–H and O–H groups in total. The molecule has 28 heavy (non-hydrogen) atoms. The van der Waals surface area contributed by atoms with Crippen LogP contribution >= 0.6 is 0 Å². The normalized spacial score (nSPS) is 18.2. The molecule has 2 aromatic carbocycles. The van der Waals surface area contributed by atoms with E-state index in [2.05, 4.69) is 59.0 Å². The van der Waals surface area contributed by atoms with Crippen LogP contribution in [0.4, 0.5) is 0 Å². The smallest absolute Gasteiger partial charge is 0.108 e. The summed E-state index contributed by atoms with van der Waals surface area (Å²) in [6.07, 6.45) is 1.43. The SMILES string of the molecule is CC1c2cccn2CCN1CC(O)COC(c1ccccc1)c1ccccc1. The predicted octanol–water partition coefficient (Wildman–Crippen LogP) is 4.03. The number of fused-ring (bicyclic) bond motifs is 1. The lowest BCUT2D eigenvalue weighted by Crippen LogP contribution is -2.42. The Morgan fingerprint density at radius 2 is 1.57 bits per heavy atom. The van der Waals surface area contributed by atoms with Crippen LogP contribution in [0, 0.1) is 0 Å². The van der Waals surface area contributed by atoms with Crippen LogP contribution in [-0.2, 0) is 11.3 Å². The van der Waals surface area contributed by atoms with Gasteiger partial charge in [0, 0.05) is 37.6 Å². The van der Waals surface area contributed by atoms with Crippen molar-refractivity contribution in [2.45, 2.75) is 31.7 Å². The summed E-state index contributed by atoms with van der Waals surface area (Å²) in [5.41, 5.74) is 3.51. The quantitative estimate of drug-likeness (QED) is 0.676. The molecule has 4 rings (SSSR count). The lowest BCUT2D eigenvalue weighted by atomic mass is 10.0. The molecule has 3 aromatic rings. The van der Waals surface area contributed by atoms with Gasteiger partial charge in [-0.25, -0.2) is 0 Å². The van der Waals surface area contributed by atoms with Gasteiger partial charge >= 0.3 is 0 Å². The van der Waals surface area contributed by atoms with Crippen LogP contribution in [0.15, 0.2) is 79.0 Å². The standard InChI is InChI=1S/C24H28N2O2/c1-19-23-13-8-14-25(23)15-16-26(19)17-22(27)18-28-24(20-9-4-2-5-10-20)21-11-6-3-7-12-21/h2-14,19,22,24,27H,15-18H2,1H3. The van der Waals surface area contributed by atoms with Gasteiger partial charge in [-0.05, 0) is 30.2 Å². The predicted molar refractivity (Wildman–Crippen MR) is 111 cm³/mol. The van der Waals surface area contributed by atoms with Crippen LogP contribution in [0.5, 0.6) is 0 Å². The lowest BCUT2D eigenvalue weighted by Gasteiger charge is -2.36. The van der Waals surface area contributed by atoms with E-state index in [0.717, 1.165) is 24.2 Å². The van der Waals surface area contributed by atoms with E-state index in [9.17, 15) is 5.11 Å². The summed E-state index contributed by atoms with van der Waals surface area (Å²) in [6.45, 7) is 5.04. The molecule has 0 saturated carbocycles. The average molecular weight is 377 g/mol. The van der Waals surface area contributed by atoms with Gasteiger partial charge in [0.15, 0.2) is 0 Å². The molecule has 0 aliphatic carbocycles. The highest BCUT2D eigenvalue weighted by molar-refractivity contribution is 5.29. The van der Waals surface area contributed by atoms with E-state index in [4.69, 9.17) is 4.74 Å². The molecule has 2 unspecified atom stereocenters. The second-order valence-electron chi connectivity index (χ2n) is 7.49. The third-order valence-corrected chi connectivity index (χ3v) is 5.57. The van der Waals surface area contributed by atoms with E-state index in [1.54, 1.807) is 0 Å². The van der Waals surface area contributed by atoms with Gasteiger partial charge in [-0.15, -0.1) is 0 Å². The van der Waals surface area contributed by atoms with Crippen molar-refractivity contribution in [2.24, 2.45) is 0 Å². The first-order chi connectivity index (χ1) is 13.7. The Bertz CT molecular complexity index is 823. The summed E-state index contributed by atoms with van der Waals surface area (Å²) in [6, 6.07) is 25.0. The Morgan fingerprint density at radius 3 is 2.21 bits per heavy atom. The fraction of sp³-hybridized carbons (Fsp3) is 0.333. The number of aromatic nitrogens is 1. The second kappa shape index (κ2) is 8.74. The molecule has 0 radical (unpaired) electrons. The molecule has 2 heterocycles. The molecule has 146 valence electrons. The fourth-order valence-electron chi connectivity index (χ4n) is 4.05. The number of β-amino-alcohol motifs (C(OH)–C–C–N with tert-alkyl or cyclic N) is 1. The van der Waals surface area contributed by atoms with E-state index < -0.39 is 6.10 Å². The first kappa shape index (κ1) is 18.9. The van der Waals surface area contributed by atoms with Crippen LogP contribution in [0.1, 0.15) is 35.9 Å². The Hall–Kier alpha value is -2.40. The van der Waals surface area contributed by atoms with E-state index in [1.165, 1.54) is 5.69 Å². The summed E-state index contributed by atoms with van der Waals surface area (Å²) in [5, 5.41) is 10.7. The van der Waals surface area contributed by atoms with Crippen molar-refractivity contribution in [3.63, 3.8) is 0 Å². The minimum Gasteiger partial charge on any atom is -0.389 e. The van der Waals surface area contributed by atoms with Crippen molar-refractivity contribution in [3.05, 3.63) is 95.8 Å². The van der Waals surface area contributed by atoms with Crippen molar-refractivity contribution < 1.29 is 9.84 Å². The van der Waals surface area contributed by atoms with Crippen molar-refractivity contribution in [1.29, 1.82) is 0 Å². The molecule has 0 amide bonds. The maximum atomic E-state index is 10.7. The molecule has 0 bridgehead atoms. The van der Waals surface area contributed by atoms with Crippen LogP contribution in [0.3, 0.4) is 0 Å². The number of aliphatic hydroxyl groups excluding tert-OH is 1. The number of benzene rings is 2. The minimum atomic E-state index is -0.529. The number of ether oxygens (including phenoxy) is 1. The van der Waals surface area contributed by atoms with Crippen LogP contribution < -0.4 is 0 Å². The van der Waals surface area contributed by atoms with Gasteiger partial charge in [-0.3, -0.25) is 4.90 Å². The van der Waals surface area contributed by atoms with Gasteiger partial charge in [0.25, 0.3) is 0 Å². The third-order valence-electron chi connectivity index (χ3n) is 5.57. The van der Waals surface area contributed by atoms with Gasteiger partial charge in [-0.2, -0.15) is 0 Å². The maximum absolute atomic E-state index is 10.7. The lowest BCUT2D eigenvalue weighted by molar-refractivity contribution is -0.0165. The Balaban J connectivity index is 1.40. The summed E-state index contributed by atoms with van der Waals surface area (Å²) >= 11 is 0. The molecule has 2 atom stereocenters. The van der Waals surface area contributed by atoms with Crippen LogP contribution in [0.2, 0.25) is 0 Å². The first-order valence-electron chi connectivity index (χ1n) is 10.0. The zero-order chi connectivity index (χ0) is 19.3.